The van der Waals surface area contributed by atoms with Gasteiger partial charge in [-0.05, 0) is 29.8 Å². The Morgan fingerprint density at radius 3 is 1.82 bits per heavy atom. The first kappa shape index (κ1) is 24.0. The zero-order valence-corrected chi connectivity index (χ0v) is 19.8. The van der Waals surface area contributed by atoms with E-state index >= 15 is 0 Å². The molecule has 0 spiro atoms. The van der Waals surface area contributed by atoms with Gasteiger partial charge in [0, 0.05) is 58.8 Å². The first-order valence-electron chi connectivity index (χ1n) is 12.2. The SMILES string of the molecule is O=C(CCNCCN1CCN(Cc2ccccc2)CC1)NN(c1ccccc1)c1ccccc1. The number of hydrogen-bond donors (Lipinski definition) is 2. The number of nitrogens with zero attached hydrogens (tertiary/aromatic N) is 3. The predicted octanol–water partition coefficient (Wildman–Crippen LogP) is 3.65. The zero-order chi connectivity index (χ0) is 23.4. The number of piperazine rings is 1. The largest absolute Gasteiger partial charge is 0.315 e. The van der Waals surface area contributed by atoms with E-state index in [4.69, 9.17) is 0 Å². The van der Waals surface area contributed by atoms with E-state index in [2.05, 4.69) is 50.9 Å². The van der Waals surface area contributed by atoms with E-state index in [0.29, 0.717) is 13.0 Å². The molecule has 3 aromatic rings. The minimum atomic E-state index is -0.00488. The number of amides is 1. The quantitative estimate of drug-likeness (QED) is 0.340. The highest BCUT2D eigenvalue weighted by atomic mass is 16.2. The van der Waals surface area contributed by atoms with Gasteiger partial charge in [0.05, 0.1) is 11.4 Å². The number of carbonyl (C=O) groups excluding carboxylic acids is 1. The number of hydrogen-bond acceptors (Lipinski definition) is 5. The molecule has 34 heavy (non-hydrogen) atoms. The van der Waals surface area contributed by atoms with Crippen LogP contribution in [0.15, 0.2) is 91.0 Å². The highest BCUT2D eigenvalue weighted by Crippen LogP contribution is 2.22. The topological polar surface area (TPSA) is 50.9 Å². The normalized spacial score (nSPS) is 14.6. The Balaban J connectivity index is 1.13. The number of carbonyl (C=O) groups is 1. The average Bonchev–Trinajstić information content (AvgIpc) is 2.90. The van der Waals surface area contributed by atoms with Crippen molar-refractivity contribution in [3.05, 3.63) is 96.6 Å². The van der Waals surface area contributed by atoms with Gasteiger partial charge in [-0.1, -0.05) is 66.7 Å². The van der Waals surface area contributed by atoms with Crippen LogP contribution in [-0.2, 0) is 11.3 Å². The molecule has 1 aliphatic rings. The second kappa shape index (κ2) is 12.9. The van der Waals surface area contributed by atoms with Crippen LogP contribution in [0.25, 0.3) is 0 Å². The van der Waals surface area contributed by atoms with Crippen molar-refractivity contribution < 1.29 is 4.79 Å². The number of benzene rings is 3. The number of hydrazine groups is 1. The fourth-order valence-electron chi connectivity index (χ4n) is 4.19. The van der Waals surface area contributed by atoms with Gasteiger partial charge in [-0.2, -0.15) is 0 Å². The predicted molar refractivity (Wildman–Crippen MR) is 139 cm³/mol. The van der Waals surface area contributed by atoms with Crippen LogP contribution < -0.4 is 15.8 Å². The molecule has 6 heteroatoms. The van der Waals surface area contributed by atoms with Crippen LogP contribution in [0.2, 0.25) is 0 Å². The number of anilines is 2. The van der Waals surface area contributed by atoms with Crippen LogP contribution in [-0.4, -0.2) is 61.5 Å². The maximum atomic E-state index is 12.6. The molecule has 2 N–H and O–H groups in total. The van der Waals surface area contributed by atoms with Gasteiger partial charge in [0.25, 0.3) is 0 Å². The van der Waals surface area contributed by atoms with Gasteiger partial charge in [0.2, 0.25) is 5.91 Å². The molecule has 1 heterocycles. The van der Waals surface area contributed by atoms with E-state index in [-0.39, 0.29) is 5.91 Å². The zero-order valence-electron chi connectivity index (χ0n) is 19.8. The molecule has 1 aliphatic heterocycles. The van der Waals surface area contributed by atoms with Crippen LogP contribution in [0.3, 0.4) is 0 Å². The van der Waals surface area contributed by atoms with Crippen molar-refractivity contribution in [3.8, 4) is 0 Å². The minimum absolute atomic E-state index is 0.00488. The summed E-state index contributed by atoms with van der Waals surface area (Å²) in [6.45, 7) is 8.00. The summed E-state index contributed by atoms with van der Waals surface area (Å²) in [6, 6.07) is 30.5. The van der Waals surface area contributed by atoms with Gasteiger partial charge in [0.15, 0.2) is 0 Å². The first-order valence-corrected chi connectivity index (χ1v) is 12.2. The third kappa shape index (κ3) is 7.42. The maximum Gasteiger partial charge on any atom is 0.240 e. The van der Waals surface area contributed by atoms with Crippen LogP contribution in [0, 0.1) is 0 Å². The average molecular weight is 458 g/mol. The second-order valence-electron chi connectivity index (χ2n) is 8.64. The molecule has 0 unspecified atom stereocenters. The van der Waals surface area contributed by atoms with Crippen LogP contribution in [0.5, 0.6) is 0 Å². The standard InChI is InChI=1S/C28H35N5O/c34-28(30-33(26-12-6-2-7-13-26)27-14-8-3-9-15-27)16-17-29-18-19-31-20-22-32(23-21-31)24-25-10-4-1-5-11-25/h1-15,29H,16-24H2,(H,30,34). The third-order valence-electron chi connectivity index (χ3n) is 6.11. The van der Waals surface area contributed by atoms with Crippen LogP contribution in [0.1, 0.15) is 12.0 Å². The van der Waals surface area contributed by atoms with Crippen molar-refractivity contribution >= 4 is 17.3 Å². The Morgan fingerprint density at radius 1 is 0.706 bits per heavy atom. The van der Waals surface area contributed by atoms with E-state index < -0.39 is 0 Å². The van der Waals surface area contributed by atoms with E-state index in [1.807, 2.05) is 65.7 Å². The van der Waals surface area contributed by atoms with Crippen molar-refractivity contribution in [2.24, 2.45) is 0 Å². The van der Waals surface area contributed by atoms with Crippen molar-refractivity contribution in [2.75, 3.05) is 50.8 Å². The van der Waals surface area contributed by atoms with Gasteiger partial charge >= 0.3 is 0 Å². The molecule has 1 fully saturated rings. The Kier molecular flexibility index (Phi) is 9.08. The summed E-state index contributed by atoms with van der Waals surface area (Å²) >= 11 is 0. The Hall–Kier alpha value is -3.19. The lowest BCUT2D eigenvalue weighted by Gasteiger charge is -2.34. The molecule has 0 saturated carbocycles. The summed E-state index contributed by atoms with van der Waals surface area (Å²) < 4.78 is 0. The number of nitrogens with one attached hydrogen (secondary N) is 2. The van der Waals surface area contributed by atoms with Crippen molar-refractivity contribution in [1.29, 1.82) is 0 Å². The van der Waals surface area contributed by atoms with Crippen molar-refractivity contribution in [3.63, 3.8) is 0 Å². The first-order chi connectivity index (χ1) is 16.8. The van der Waals surface area contributed by atoms with E-state index in [1.54, 1.807) is 0 Å². The summed E-state index contributed by atoms with van der Waals surface area (Å²) in [7, 11) is 0. The molecule has 0 aromatic heterocycles. The molecule has 178 valence electrons. The highest BCUT2D eigenvalue weighted by molar-refractivity contribution is 5.80. The molecule has 4 rings (SSSR count). The summed E-state index contributed by atoms with van der Waals surface area (Å²) in [6.07, 6.45) is 0.432. The van der Waals surface area contributed by atoms with Crippen molar-refractivity contribution in [2.45, 2.75) is 13.0 Å². The molecule has 6 nitrogen and oxygen atoms in total. The summed E-state index contributed by atoms with van der Waals surface area (Å²) in [5, 5.41) is 5.28. The van der Waals surface area contributed by atoms with E-state index in [1.165, 1.54) is 5.56 Å². The minimum Gasteiger partial charge on any atom is -0.315 e. The monoisotopic (exact) mass is 457 g/mol. The molecule has 0 radical (unpaired) electrons. The molecule has 0 bridgehead atoms. The maximum absolute atomic E-state index is 12.6. The molecule has 0 aliphatic carbocycles. The lowest BCUT2D eigenvalue weighted by molar-refractivity contribution is -0.121. The molecule has 1 saturated heterocycles. The highest BCUT2D eigenvalue weighted by Gasteiger charge is 2.16. The molecular weight excluding hydrogens is 422 g/mol. The second-order valence-corrected chi connectivity index (χ2v) is 8.64. The molecule has 0 atom stereocenters. The van der Waals surface area contributed by atoms with E-state index in [9.17, 15) is 4.79 Å². The lowest BCUT2D eigenvalue weighted by atomic mass is 10.2. The van der Waals surface area contributed by atoms with Crippen LogP contribution in [0.4, 0.5) is 11.4 Å². The van der Waals surface area contributed by atoms with Crippen molar-refractivity contribution in [1.82, 2.24) is 20.5 Å². The van der Waals surface area contributed by atoms with E-state index in [0.717, 1.165) is 57.2 Å². The van der Waals surface area contributed by atoms with Crippen LogP contribution >= 0.6 is 0 Å². The number of para-hydroxylation sites is 2. The Bertz CT molecular complexity index is 936. The molecule has 3 aromatic carbocycles. The summed E-state index contributed by atoms with van der Waals surface area (Å²) in [5.74, 6) is -0.00488. The Labute approximate surface area is 203 Å². The Morgan fingerprint density at radius 2 is 1.24 bits per heavy atom. The third-order valence-corrected chi connectivity index (χ3v) is 6.11. The lowest BCUT2D eigenvalue weighted by Crippen LogP contribution is -2.47. The van der Waals surface area contributed by atoms with Gasteiger partial charge in [0.1, 0.15) is 0 Å². The smallest absolute Gasteiger partial charge is 0.240 e. The van der Waals surface area contributed by atoms with Gasteiger partial charge in [-0.3, -0.25) is 25.0 Å². The fraction of sp³-hybridized carbons (Fsp3) is 0.321. The number of rotatable bonds is 11. The molecule has 1 amide bonds. The van der Waals surface area contributed by atoms with Gasteiger partial charge in [-0.25, -0.2) is 0 Å². The molecular formula is C28H35N5O. The summed E-state index contributed by atoms with van der Waals surface area (Å²) in [4.78, 5) is 17.7. The van der Waals surface area contributed by atoms with Gasteiger partial charge < -0.3 is 5.32 Å². The summed E-state index contributed by atoms with van der Waals surface area (Å²) in [5.41, 5.74) is 6.30. The fourth-order valence-corrected chi connectivity index (χ4v) is 4.19. The van der Waals surface area contributed by atoms with Gasteiger partial charge in [-0.15, -0.1) is 0 Å².